The van der Waals surface area contributed by atoms with Crippen LogP contribution in [-0.4, -0.2) is 36.1 Å². The Morgan fingerprint density at radius 1 is 1.23 bits per heavy atom. The number of nitrogens with two attached hydrogens (primary N) is 1. The Morgan fingerprint density at radius 2 is 2.00 bits per heavy atom. The molecule has 0 unspecified atom stereocenters. The van der Waals surface area contributed by atoms with Gasteiger partial charge in [0.05, 0.1) is 11.5 Å². The molecule has 26 heavy (non-hydrogen) atoms. The number of nitrogens with zero attached hydrogens (tertiary/aromatic N) is 2. The van der Waals surface area contributed by atoms with Crippen LogP contribution < -0.4 is 10.5 Å². The molecular formula is C20H25N3O3. The number of hydrogen-bond acceptors (Lipinski definition) is 5. The Bertz CT molecular complexity index is 751. The van der Waals surface area contributed by atoms with E-state index < -0.39 is 0 Å². The number of likely N-dealkylation sites (tertiary alicyclic amines) is 1. The predicted molar refractivity (Wildman–Crippen MR) is 101 cm³/mol. The van der Waals surface area contributed by atoms with Crippen LogP contribution in [-0.2, 0) is 6.54 Å². The second-order valence-electron chi connectivity index (χ2n) is 6.69. The molecular weight excluding hydrogens is 330 g/mol. The van der Waals surface area contributed by atoms with Gasteiger partial charge in [0.25, 0.3) is 5.69 Å². The number of nitro benzene ring substituents is 1. The average molecular weight is 355 g/mol. The van der Waals surface area contributed by atoms with Gasteiger partial charge in [-0.15, -0.1) is 0 Å². The van der Waals surface area contributed by atoms with Crippen molar-refractivity contribution in [2.24, 2.45) is 11.7 Å². The maximum Gasteiger partial charge on any atom is 0.270 e. The van der Waals surface area contributed by atoms with Crippen LogP contribution in [0.25, 0.3) is 0 Å². The normalized spacial score (nSPS) is 20.2. The molecule has 1 aliphatic heterocycles. The van der Waals surface area contributed by atoms with Crippen molar-refractivity contribution in [3.05, 3.63) is 69.8 Å². The zero-order chi connectivity index (χ0) is 18.5. The van der Waals surface area contributed by atoms with Crippen LogP contribution in [0.2, 0.25) is 0 Å². The summed E-state index contributed by atoms with van der Waals surface area (Å²) in [6, 6.07) is 15.2. The lowest BCUT2D eigenvalue weighted by molar-refractivity contribution is -0.385. The van der Waals surface area contributed by atoms with E-state index in [1.807, 2.05) is 13.0 Å². The van der Waals surface area contributed by atoms with Crippen molar-refractivity contribution in [1.82, 2.24) is 4.90 Å². The maximum atomic E-state index is 11.1. The molecule has 0 saturated carbocycles. The molecule has 0 aliphatic carbocycles. The summed E-state index contributed by atoms with van der Waals surface area (Å²) < 4.78 is 5.67. The first-order chi connectivity index (χ1) is 12.6. The minimum Gasteiger partial charge on any atom is -0.494 e. The summed E-state index contributed by atoms with van der Waals surface area (Å²) >= 11 is 0. The fraction of sp³-hybridized carbons (Fsp3) is 0.400. The zero-order valence-electron chi connectivity index (χ0n) is 15.0. The summed E-state index contributed by atoms with van der Waals surface area (Å²) in [6.07, 6.45) is 0. The van der Waals surface area contributed by atoms with Crippen molar-refractivity contribution < 1.29 is 9.66 Å². The third-order valence-electron chi connectivity index (χ3n) is 5.00. The van der Waals surface area contributed by atoms with E-state index in [0.29, 0.717) is 37.3 Å². The monoisotopic (exact) mass is 355 g/mol. The predicted octanol–water partition coefficient (Wildman–Crippen LogP) is 3.17. The van der Waals surface area contributed by atoms with Gasteiger partial charge in [-0.3, -0.25) is 15.0 Å². The molecule has 3 rings (SSSR count). The second-order valence-corrected chi connectivity index (χ2v) is 6.69. The average Bonchev–Trinajstić information content (AvgIpc) is 3.07. The van der Waals surface area contributed by atoms with Gasteiger partial charge in [-0.1, -0.05) is 30.3 Å². The molecule has 6 heteroatoms. The third kappa shape index (κ3) is 4.03. The Labute approximate surface area is 153 Å². The molecule has 2 aromatic carbocycles. The van der Waals surface area contributed by atoms with E-state index in [1.165, 1.54) is 11.6 Å². The number of non-ortho nitro benzene ring substituents is 1. The van der Waals surface area contributed by atoms with Crippen molar-refractivity contribution in [2.45, 2.75) is 19.4 Å². The molecule has 1 heterocycles. The summed E-state index contributed by atoms with van der Waals surface area (Å²) in [5.74, 6) is 1.48. The number of ether oxygens (including phenoxy) is 1. The lowest BCUT2D eigenvalue weighted by Crippen LogP contribution is -2.23. The van der Waals surface area contributed by atoms with E-state index in [1.54, 1.807) is 12.1 Å². The number of rotatable bonds is 7. The maximum absolute atomic E-state index is 11.1. The molecule has 2 N–H and O–H groups in total. The molecule has 0 bridgehead atoms. The fourth-order valence-electron chi connectivity index (χ4n) is 3.75. The highest BCUT2D eigenvalue weighted by Gasteiger charge is 2.33. The standard InChI is InChI=1S/C20H25N3O3/c1-2-26-20-9-8-18(23(24)25)10-16(20)12-22-13-17(11-21)19(14-22)15-6-4-3-5-7-15/h3-10,17,19H,2,11-14,21H2,1H3/t17-,19+/m1/s1. The van der Waals surface area contributed by atoms with E-state index in [2.05, 4.69) is 29.2 Å². The summed E-state index contributed by atoms with van der Waals surface area (Å²) in [6.45, 7) is 5.46. The molecule has 1 aliphatic rings. The van der Waals surface area contributed by atoms with Gasteiger partial charge in [0, 0.05) is 43.2 Å². The highest BCUT2D eigenvalue weighted by atomic mass is 16.6. The van der Waals surface area contributed by atoms with Crippen molar-refractivity contribution in [3.8, 4) is 5.75 Å². The highest BCUT2D eigenvalue weighted by molar-refractivity contribution is 5.44. The van der Waals surface area contributed by atoms with Gasteiger partial charge in [-0.25, -0.2) is 0 Å². The van der Waals surface area contributed by atoms with Crippen LogP contribution in [0.1, 0.15) is 24.0 Å². The van der Waals surface area contributed by atoms with Crippen LogP contribution in [0.5, 0.6) is 5.75 Å². The summed E-state index contributed by atoms with van der Waals surface area (Å²) in [4.78, 5) is 13.1. The molecule has 138 valence electrons. The number of nitro groups is 1. The quantitative estimate of drug-likeness (QED) is 0.609. The molecule has 1 fully saturated rings. The minimum absolute atomic E-state index is 0.0950. The summed E-state index contributed by atoms with van der Waals surface area (Å²) in [5.41, 5.74) is 8.27. The van der Waals surface area contributed by atoms with Gasteiger partial charge in [0.15, 0.2) is 0 Å². The van der Waals surface area contributed by atoms with Gasteiger partial charge >= 0.3 is 0 Å². The van der Waals surface area contributed by atoms with Crippen LogP contribution in [0.4, 0.5) is 5.69 Å². The largest absolute Gasteiger partial charge is 0.494 e. The zero-order valence-corrected chi connectivity index (χ0v) is 15.0. The first kappa shape index (κ1) is 18.4. The van der Waals surface area contributed by atoms with E-state index in [-0.39, 0.29) is 10.6 Å². The molecule has 0 aromatic heterocycles. The molecule has 1 saturated heterocycles. The van der Waals surface area contributed by atoms with Crippen molar-refractivity contribution in [3.63, 3.8) is 0 Å². The second kappa shape index (κ2) is 8.29. The van der Waals surface area contributed by atoms with Gasteiger partial charge in [-0.05, 0) is 31.0 Å². The van der Waals surface area contributed by atoms with E-state index in [0.717, 1.165) is 18.7 Å². The molecule has 0 radical (unpaired) electrons. The Kier molecular flexibility index (Phi) is 5.85. The Balaban J connectivity index is 1.80. The van der Waals surface area contributed by atoms with Gasteiger partial charge in [0.2, 0.25) is 0 Å². The van der Waals surface area contributed by atoms with Crippen LogP contribution in [0.3, 0.4) is 0 Å². The third-order valence-corrected chi connectivity index (χ3v) is 5.00. The first-order valence-electron chi connectivity index (χ1n) is 8.99. The van der Waals surface area contributed by atoms with Crippen LogP contribution >= 0.6 is 0 Å². The fourth-order valence-corrected chi connectivity index (χ4v) is 3.75. The highest BCUT2D eigenvalue weighted by Crippen LogP contribution is 2.34. The van der Waals surface area contributed by atoms with Crippen molar-refractivity contribution >= 4 is 5.69 Å². The van der Waals surface area contributed by atoms with Gasteiger partial charge in [0.1, 0.15) is 5.75 Å². The van der Waals surface area contributed by atoms with Crippen molar-refractivity contribution in [2.75, 3.05) is 26.2 Å². The Hall–Kier alpha value is -2.44. The van der Waals surface area contributed by atoms with Crippen molar-refractivity contribution in [1.29, 1.82) is 0 Å². The smallest absolute Gasteiger partial charge is 0.270 e. The lowest BCUT2D eigenvalue weighted by atomic mass is 9.89. The van der Waals surface area contributed by atoms with Crippen LogP contribution in [0, 0.1) is 16.0 Å². The van der Waals surface area contributed by atoms with Crippen LogP contribution in [0.15, 0.2) is 48.5 Å². The van der Waals surface area contributed by atoms with E-state index in [4.69, 9.17) is 10.5 Å². The van der Waals surface area contributed by atoms with E-state index >= 15 is 0 Å². The molecule has 6 nitrogen and oxygen atoms in total. The molecule has 0 amide bonds. The molecule has 0 spiro atoms. The van der Waals surface area contributed by atoms with E-state index in [9.17, 15) is 10.1 Å². The summed E-state index contributed by atoms with van der Waals surface area (Å²) in [7, 11) is 0. The molecule has 2 aromatic rings. The Morgan fingerprint density at radius 3 is 2.65 bits per heavy atom. The lowest BCUT2D eigenvalue weighted by Gasteiger charge is -2.18. The topological polar surface area (TPSA) is 81.6 Å². The summed E-state index contributed by atoms with van der Waals surface area (Å²) in [5, 5.41) is 11.1. The van der Waals surface area contributed by atoms with Gasteiger partial charge in [-0.2, -0.15) is 0 Å². The molecule has 2 atom stereocenters. The van der Waals surface area contributed by atoms with Gasteiger partial charge < -0.3 is 10.5 Å². The number of benzene rings is 2. The number of hydrogen-bond donors (Lipinski definition) is 1. The minimum atomic E-state index is -0.362. The first-order valence-corrected chi connectivity index (χ1v) is 8.99. The SMILES string of the molecule is CCOc1ccc([N+](=O)[O-])cc1CN1C[C@@H](CN)[C@H](c2ccccc2)C1.